The first-order valence-electron chi connectivity index (χ1n) is 9.33. The van der Waals surface area contributed by atoms with Gasteiger partial charge in [-0.3, -0.25) is 9.59 Å². The Morgan fingerprint density at radius 2 is 1.71 bits per heavy atom. The van der Waals surface area contributed by atoms with Crippen LogP contribution < -0.4 is 27.8 Å². The summed E-state index contributed by atoms with van der Waals surface area (Å²) in [6, 6.07) is -0.571. The fourth-order valence-electron chi connectivity index (χ4n) is 3.11. The fraction of sp³-hybridized carbons (Fsp3) is 0.882. The molecule has 0 aromatic heterocycles. The van der Waals surface area contributed by atoms with Gasteiger partial charge in [0.2, 0.25) is 11.8 Å². The van der Waals surface area contributed by atoms with Crippen LogP contribution >= 0.6 is 0 Å². The van der Waals surface area contributed by atoms with Crippen molar-refractivity contribution >= 4 is 11.8 Å². The van der Waals surface area contributed by atoms with E-state index in [2.05, 4.69) is 10.6 Å². The highest BCUT2D eigenvalue weighted by molar-refractivity contribution is 5.88. The summed E-state index contributed by atoms with van der Waals surface area (Å²) in [4.78, 5) is 23.5. The van der Waals surface area contributed by atoms with Crippen LogP contribution in [0.1, 0.15) is 64.2 Å². The van der Waals surface area contributed by atoms with E-state index in [1.54, 1.807) is 0 Å². The monoisotopic (exact) mass is 341 g/mol. The summed E-state index contributed by atoms with van der Waals surface area (Å²) in [6.07, 6.45) is 9.80. The summed E-state index contributed by atoms with van der Waals surface area (Å²) in [5.74, 6) is -0.816. The second-order valence-electron chi connectivity index (χ2n) is 6.79. The third-order valence-electron chi connectivity index (χ3n) is 4.67. The maximum absolute atomic E-state index is 12.1. The quantitative estimate of drug-likeness (QED) is 0.303. The second-order valence-corrected chi connectivity index (χ2v) is 6.79. The van der Waals surface area contributed by atoms with Crippen molar-refractivity contribution in [2.75, 3.05) is 13.1 Å². The maximum atomic E-state index is 12.1. The van der Waals surface area contributed by atoms with E-state index in [0.29, 0.717) is 25.4 Å². The van der Waals surface area contributed by atoms with Crippen molar-refractivity contribution in [1.82, 2.24) is 10.6 Å². The maximum Gasteiger partial charge on any atom is 0.240 e. The van der Waals surface area contributed by atoms with Gasteiger partial charge in [0.1, 0.15) is 6.04 Å². The molecule has 1 fully saturated rings. The lowest BCUT2D eigenvalue weighted by molar-refractivity contribution is -0.128. The van der Waals surface area contributed by atoms with Crippen molar-refractivity contribution in [2.45, 2.75) is 82.3 Å². The van der Waals surface area contributed by atoms with Gasteiger partial charge in [-0.25, -0.2) is 0 Å². The van der Waals surface area contributed by atoms with E-state index in [4.69, 9.17) is 17.2 Å². The predicted octanol–water partition coefficient (Wildman–Crippen LogP) is 0.115. The molecule has 0 spiro atoms. The molecule has 0 aromatic carbocycles. The van der Waals surface area contributed by atoms with E-state index < -0.39 is 18.0 Å². The molecule has 2 amide bonds. The van der Waals surface area contributed by atoms with E-state index in [1.807, 2.05) is 0 Å². The van der Waals surface area contributed by atoms with Crippen molar-refractivity contribution < 1.29 is 9.59 Å². The Morgan fingerprint density at radius 1 is 1.04 bits per heavy atom. The molecule has 0 aromatic rings. The highest BCUT2D eigenvalue weighted by Crippen LogP contribution is 2.17. The van der Waals surface area contributed by atoms with Crippen LogP contribution in [0.5, 0.6) is 0 Å². The lowest BCUT2D eigenvalue weighted by Crippen LogP contribution is -2.50. The Morgan fingerprint density at radius 3 is 2.33 bits per heavy atom. The molecule has 0 bridgehead atoms. The van der Waals surface area contributed by atoms with Crippen LogP contribution in [0, 0.1) is 0 Å². The molecule has 0 heterocycles. The number of hydrogen-bond donors (Lipinski definition) is 5. The van der Waals surface area contributed by atoms with Gasteiger partial charge in [-0.2, -0.15) is 0 Å². The standard InChI is InChI=1S/C17H35N5O2/c18-11-5-3-10-15(16(20)23)22-17(24)14(19)9-4-6-12-21-13-7-1-2-8-13/h13-15,21H,1-12,18-19H2,(H2,20,23)(H,22,24). The van der Waals surface area contributed by atoms with Gasteiger partial charge < -0.3 is 27.8 Å². The zero-order chi connectivity index (χ0) is 17.8. The summed E-state index contributed by atoms with van der Waals surface area (Å²) in [7, 11) is 0. The van der Waals surface area contributed by atoms with Crippen LogP contribution in [0.4, 0.5) is 0 Å². The van der Waals surface area contributed by atoms with Crippen molar-refractivity contribution in [1.29, 1.82) is 0 Å². The number of rotatable bonds is 13. The summed E-state index contributed by atoms with van der Waals surface area (Å²) >= 11 is 0. The highest BCUT2D eigenvalue weighted by atomic mass is 16.2. The minimum Gasteiger partial charge on any atom is -0.368 e. The van der Waals surface area contributed by atoms with E-state index >= 15 is 0 Å². The molecule has 1 aliphatic carbocycles. The van der Waals surface area contributed by atoms with E-state index in [1.165, 1.54) is 25.7 Å². The molecule has 0 radical (unpaired) electrons. The average Bonchev–Trinajstić information content (AvgIpc) is 3.06. The van der Waals surface area contributed by atoms with Gasteiger partial charge >= 0.3 is 0 Å². The van der Waals surface area contributed by atoms with E-state index in [9.17, 15) is 9.59 Å². The number of carbonyl (C=O) groups excluding carboxylic acids is 2. The van der Waals surface area contributed by atoms with Crippen LogP contribution in [0.15, 0.2) is 0 Å². The molecule has 7 heteroatoms. The van der Waals surface area contributed by atoms with Gasteiger partial charge in [0.05, 0.1) is 6.04 Å². The van der Waals surface area contributed by atoms with Gasteiger partial charge in [-0.05, 0) is 58.0 Å². The Bertz CT molecular complexity index is 372. The summed E-state index contributed by atoms with van der Waals surface area (Å²) in [5, 5.41) is 6.21. The number of hydrogen-bond acceptors (Lipinski definition) is 5. The minimum atomic E-state index is -0.654. The number of amides is 2. The second kappa shape index (κ2) is 12.2. The van der Waals surface area contributed by atoms with Gasteiger partial charge in [0, 0.05) is 6.04 Å². The van der Waals surface area contributed by atoms with Gasteiger partial charge in [-0.1, -0.05) is 19.3 Å². The zero-order valence-electron chi connectivity index (χ0n) is 14.8. The summed E-state index contributed by atoms with van der Waals surface area (Å²) in [6.45, 7) is 1.54. The Kier molecular flexibility index (Phi) is 10.6. The molecular formula is C17H35N5O2. The molecule has 2 unspecified atom stereocenters. The molecule has 24 heavy (non-hydrogen) atoms. The first-order valence-corrected chi connectivity index (χ1v) is 9.33. The number of carbonyl (C=O) groups is 2. The largest absolute Gasteiger partial charge is 0.368 e. The molecule has 8 N–H and O–H groups in total. The zero-order valence-corrected chi connectivity index (χ0v) is 14.8. The van der Waals surface area contributed by atoms with Crippen LogP contribution in [0.25, 0.3) is 0 Å². The number of nitrogens with two attached hydrogens (primary N) is 3. The molecule has 1 aliphatic rings. The van der Waals surface area contributed by atoms with Gasteiger partial charge in [0.15, 0.2) is 0 Å². The molecular weight excluding hydrogens is 306 g/mol. The fourth-order valence-corrected chi connectivity index (χ4v) is 3.11. The van der Waals surface area contributed by atoms with Crippen LogP contribution in [0.2, 0.25) is 0 Å². The number of unbranched alkanes of at least 4 members (excludes halogenated alkanes) is 2. The average molecular weight is 342 g/mol. The summed E-state index contributed by atoms with van der Waals surface area (Å²) in [5.41, 5.74) is 16.7. The molecule has 1 saturated carbocycles. The summed E-state index contributed by atoms with van der Waals surface area (Å²) < 4.78 is 0. The molecule has 7 nitrogen and oxygen atoms in total. The van der Waals surface area contributed by atoms with Crippen molar-refractivity contribution in [3.63, 3.8) is 0 Å². The van der Waals surface area contributed by atoms with Crippen molar-refractivity contribution in [3.8, 4) is 0 Å². The number of primary amides is 1. The topological polar surface area (TPSA) is 136 Å². The van der Waals surface area contributed by atoms with Gasteiger partial charge in [0.25, 0.3) is 0 Å². The number of nitrogens with one attached hydrogen (secondary N) is 2. The molecule has 1 rings (SSSR count). The molecule has 140 valence electrons. The van der Waals surface area contributed by atoms with Crippen molar-refractivity contribution in [2.24, 2.45) is 17.2 Å². The predicted molar refractivity (Wildman–Crippen MR) is 96.1 cm³/mol. The first-order chi connectivity index (χ1) is 11.5. The first kappa shape index (κ1) is 20.9. The molecule has 2 atom stereocenters. The lowest BCUT2D eigenvalue weighted by Gasteiger charge is -2.18. The molecule has 0 aliphatic heterocycles. The third kappa shape index (κ3) is 8.61. The molecule has 0 saturated heterocycles. The van der Waals surface area contributed by atoms with Crippen molar-refractivity contribution in [3.05, 3.63) is 0 Å². The van der Waals surface area contributed by atoms with Crippen LogP contribution in [-0.4, -0.2) is 43.0 Å². The third-order valence-corrected chi connectivity index (χ3v) is 4.67. The Hall–Kier alpha value is -1.18. The van der Waals surface area contributed by atoms with Crippen LogP contribution in [-0.2, 0) is 9.59 Å². The Balaban J connectivity index is 2.15. The SMILES string of the molecule is NCCCCC(NC(=O)C(N)CCCCNC1CCCC1)C(N)=O. The smallest absolute Gasteiger partial charge is 0.240 e. The van der Waals surface area contributed by atoms with E-state index in [-0.39, 0.29) is 5.91 Å². The normalized spacial score (nSPS) is 17.6. The Labute approximate surface area is 145 Å². The highest BCUT2D eigenvalue weighted by Gasteiger charge is 2.21. The van der Waals surface area contributed by atoms with Gasteiger partial charge in [-0.15, -0.1) is 0 Å². The minimum absolute atomic E-state index is 0.296. The lowest BCUT2D eigenvalue weighted by atomic mass is 10.1. The van der Waals surface area contributed by atoms with E-state index in [0.717, 1.165) is 32.2 Å². The van der Waals surface area contributed by atoms with Crippen LogP contribution in [0.3, 0.4) is 0 Å².